The maximum atomic E-state index is 13.2. The Labute approximate surface area is 122 Å². The van der Waals surface area contributed by atoms with Crippen LogP contribution < -0.4 is 5.32 Å². The van der Waals surface area contributed by atoms with Gasteiger partial charge in [0.2, 0.25) is 0 Å². The molecule has 2 bridgehead atoms. The van der Waals surface area contributed by atoms with Crippen LogP contribution in [0.4, 0.5) is 4.39 Å². The molecule has 1 nitrogen and oxygen atoms in total. The molecule has 2 aliphatic rings. The topological polar surface area (TPSA) is 12.0 Å². The molecule has 3 rings (SSSR count). The Morgan fingerprint density at radius 1 is 1.10 bits per heavy atom. The van der Waals surface area contributed by atoms with Crippen LogP contribution >= 0.6 is 0 Å². The number of halogens is 1. The summed E-state index contributed by atoms with van der Waals surface area (Å²) in [7, 11) is 0. The Morgan fingerprint density at radius 2 is 1.80 bits per heavy atom. The molecule has 0 saturated heterocycles. The molecule has 0 radical (unpaired) electrons. The predicted molar refractivity (Wildman–Crippen MR) is 81.0 cm³/mol. The highest BCUT2D eigenvalue weighted by Crippen LogP contribution is 2.46. The largest absolute Gasteiger partial charge is 0.306 e. The molecule has 0 spiro atoms. The fourth-order valence-electron chi connectivity index (χ4n) is 4.16. The number of benzene rings is 1. The van der Waals surface area contributed by atoms with Gasteiger partial charge in [-0.3, -0.25) is 0 Å². The zero-order chi connectivity index (χ0) is 14.3. The molecule has 20 heavy (non-hydrogen) atoms. The first-order valence-corrected chi connectivity index (χ1v) is 7.95. The lowest BCUT2D eigenvalue weighted by atomic mass is 9.81. The second-order valence-corrected chi connectivity index (χ2v) is 7.80. The SMILES string of the molecule is CC(C)(C)C(NC1CC2CCC1C2)c1ccc(F)cc1. The summed E-state index contributed by atoms with van der Waals surface area (Å²) in [6, 6.07) is 7.99. The summed E-state index contributed by atoms with van der Waals surface area (Å²) in [5, 5.41) is 3.90. The van der Waals surface area contributed by atoms with E-state index in [0.29, 0.717) is 12.1 Å². The van der Waals surface area contributed by atoms with Crippen molar-refractivity contribution in [1.29, 1.82) is 0 Å². The van der Waals surface area contributed by atoms with Crippen molar-refractivity contribution in [3.63, 3.8) is 0 Å². The maximum absolute atomic E-state index is 13.2. The third-order valence-corrected chi connectivity index (χ3v) is 5.19. The van der Waals surface area contributed by atoms with Crippen molar-refractivity contribution in [3.8, 4) is 0 Å². The van der Waals surface area contributed by atoms with Crippen LogP contribution in [0.1, 0.15) is 58.1 Å². The number of nitrogens with one attached hydrogen (secondary N) is 1. The van der Waals surface area contributed by atoms with Crippen LogP contribution in [-0.2, 0) is 0 Å². The van der Waals surface area contributed by atoms with E-state index in [0.717, 1.165) is 11.8 Å². The lowest BCUT2D eigenvalue weighted by Gasteiger charge is -2.37. The fraction of sp³-hybridized carbons (Fsp3) is 0.667. The maximum Gasteiger partial charge on any atom is 0.123 e. The van der Waals surface area contributed by atoms with Gasteiger partial charge in [0, 0.05) is 12.1 Å². The van der Waals surface area contributed by atoms with Crippen molar-refractivity contribution in [2.24, 2.45) is 17.3 Å². The van der Waals surface area contributed by atoms with Crippen molar-refractivity contribution in [3.05, 3.63) is 35.6 Å². The van der Waals surface area contributed by atoms with Crippen molar-refractivity contribution in [2.45, 2.75) is 58.5 Å². The van der Waals surface area contributed by atoms with E-state index in [1.165, 1.54) is 31.2 Å². The lowest BCUT2D eigenvalue weighted by molar-refractivity contribution is 0.218. The summed E-state index contributed by atoms with van der Waals surface area (Å²) in [6.07, 6.45) is 5.57. The predicted octanol–water partition coefficient (Wildman–Crippen LogP) is 4.69. The van der Waals surface area contributed by atoms with Crippen LogP contribution in [0, 0.1) is 23.1 Å². The van der Waals surface area contributed by atoms with Gasteiger partial charge in [0.25, 0.3) is 0 Å². The molecule has 2 saturated carbocycles. The van der Waals surface area contributed by atoms with Gasteiger partial charge in [0.1, 0.15) is 5.82 Å². The van der Waals surface area contributed by atoms with Crippen molar-refractivity contribution >= 4 is 0 Å². The standard InChI is InChI=1S/C18H26FN/c1-18(2,3)17(13-6-8-15(19)9-7-13)20-16-11-12-4-5-14(16)10-12/h6-9,12,14,16-17,20H,4-5,10-11H2,1-3H3. The summed E-state index contributed by atoms with van der Waals surface area (Å²) in [5.41, 5.74) is 1.35. The first-order valence-electron chi connectivity index (χ1n) is 7.95. The molecule has 0 aliphatic heterocycles. The number of fused-ring (bicyclic) bond motifs is 2. The zero-order valence-corrected chi connectivity index (χ0v) is 12.8. The molecule has 2 heteroatoms. The smallest absolute Gasteiger partial charge is 0.123 e. The van der Waals surface area contributed by atoms with E-state index in [4.69, 9.17) is 0 Å². The highest BCUT2D eigenvalue weighted by atomic mass is 19.1. The van der Waals surface area contributed by atoms with Crippen LogP contribution in [0.2, 0.25) is 0 Å². The van der Waals surface area contributed by atoms with Gasteiger partial charge in [-0.15, -0.1) is 0 Å². The minimum Gasteiger partial charge on any atom is -0.306 e. The Morgan fingerprint density at radius 3 is 2.30 bits per heavy atom. The minimum atomic E-state index is -0.152. The number of hydrogen-bond donors (Lipinski definition) is 1. The van der Waals surface area contributed by atoms with E-state index in [9.17, 15) is 4.39 Å². The van der Waals surface area contributed by atoms with Crippen molar-refractivity contribution in [1.82, 2.24) is 5.32 Å². The fourth-order valence-corrected chi connectivity index (χ4v) is 4.16. The molecule has 1 aromatic carbocycles. The molecule has 0 aromatic heterocycles. The van der Waals surface area contributed by atoms with Crippen LogP contribution in [0.3, 0.4) is 0 Å². The summed E-state index contributed by atoms with van der Waals surface area (Å²) < 4.78 is 13.2. The summed E-state index contributed by atoms with van der Waals surface area (Å²) in [5.74, 6) is 1.66. The van der Waals surface area contributed by atoms with E-state index < -0.39 is 0 Å². The highest BCUT2D eigenvalue weighted by Gasteiger charge is 2.41. The summed E-state index contributed by atoms with van der Waals surface area (Å²) in [4.78, 5) is 0. The van der Waals surface area contributed by atoms with Gasteiger partial charge in [-0.1, -0.05) is 39.3 Å². The molecule has 1 N–H and O–H groups in total. The molecular weight excluding hydrogens is 249 g/mol. The summed E-state index contributed by atoms with van der Waals surface area (Å²) >= 11 is 0. The first-order chi connectivity index (χ1) is 9.43. The number of hydrogen-bond acceptors (Lipinski definition) is 1. The quantitative estimate of drug-likeness (QED) is 0.843. The van der Waals surface area contributed by atoms with Gasteiger partial charge in [0.05, 0.1) is 0 Å². The molecule has 2 aliphatic carbocycles. The molecule has 4 unspecified atom stereocenters. The van der Waals surface area contributed by atoms with Gasteiger partial charge in [-0.25, -0.2) is 4.39 Å². The Hall–Kier alpha value is -0.890. The van der Waals surface area contributed by atoms with Crippen LogP contribution in [0.15, 0.2) is 24.3 Å². The lowest BCUT2D eigenvalue weighted by Crippen LogP contribution is -2.42. The molecule has 4 atom stereocenters. The van der Waals surface area contributed by atoms with Gasteiger partial charge >= 0.3 is 0 Å². The normalized spacial score (nSPS) is 30.7. The molecule has 0 heterocycles. The van der Waals surface area contributed by atoms with Crippen LogP contribution in [0.5, 0.6) is 0 Å². The molecule has 110 valence electrons. The van der Waals surface area contributed by atoms with E-state index in [-0.39, 0.29) is 11.2 Å². The van der Waals surface area contributed by atoms with E-state index in [2.05, 4.69) is 26.1 Å². The van der Waals surface area contributed by atoms with E-state index in [1.54, 1.807) is 12.1 Å². The third kappa shape index (κ3) is 2.76. The van der Waals surface area contributed by atoms with Crippen LogP contribution in [0.25, 0.3) is 0 Å². The van der Waals surface area contributed by atoms with Gasteiger partial charge in [0.15, 0.2) is 0 Å². The molecule has 0 amide bonds. The Bertz CT molecular complexity index is 459. The summed E-state index contributed by atoms with van der Waals surface area (Å²) in [6.45, 7) is 6.80. The average Bonchev–Trinajstić information content (AvgIpc) is 2.98. The van der Waals surface area contributed by atoms with Gasteiger partial charge in [-0.05, 0) is 54.2 Å². The Kier molecular flexibility index (Phi) is 3.62. The molecule has 2 fully saturated rings. The second kappa shape index (κ2) is 5.14. The average molecular weight is 275 g/mol. The second-order valence-electron chi connectivity index (χ2n) is 7.80. The van der Waals surface area contributed by atoms with Crippen molar-refractivity contribution in [2.75, 3.05) is 0 Å². The first kappa shape index (κ1) is 14.1. The van der Waals surface area contributed by atoms with Gasteiger partial charge < -0.3 is 5.32 Å². The van der Waals surface area contributed by atoms with Crippen LogP contribution in [-0.4, -0.2) is 6.04 Å². The molecule has 1 aromatic rings. The van der Waals surface area contributed by atoms with Crippen molar-refractivity contribution < 1.29 is 4.39 Å². The molecular formula is C18H26FN. The zero-order valence-electron chi connectivity index (χ0n) is 12.8. The monoisotopic (exact) mass is 275 g/mol. The minimum absolute atomic E-state index is 0.139. The third-order valence-electron chi connectivity index (χ3n) is 5.19. The van der Waals surface area contributed by atoms with E-state index in [1.807, 2.05) is 12.1 Å². The van der Waals surface area contributed by atoms with E-state index >= 15 is 0 Å². The van der Waals surface area contributed by atoms with Gasteiger partial charge in [-0.2, -0.15) is 0 Å². The number of rotatable bonds is 3. The highest BCUT2D eigenvalue weighted by molar-refractivity contribution is 5.22. The Balaban J connectivity index is 1.78.